The van der Waals surface area contributed by atoms with E-state index < -0.39 is 23.4 Å². The predicted octanol–water partition coefficient (Wildman–Crippen LogP) is 2.81. The number of nitrogens with one attached hydrogen (secondary N) is 2. The number of fused-ring (bicyclic) bond motifs is 1. The minimum absolute atomic E-state index is 0.208. The van der Waals surface area contributed by atoms with Crippen molar-refractivity contribution in [2.24, 2.45) is 0 Å². The predicted molar refractivity (Wildman–Crippen MR) is 123 cm³/mol. The lowest BCUT2D eigenvalue weighted by Gasteiger charge is -2.24. The number of methoxy groups -OCH3 is 1. The maximum atomic E-state index is 13.2. The van der Waals surface area contributed by atoms with E-state index in [-0.39, 0.29) is 19.7 Å². The van der Waals surface area contributed by atoms with Gasteiger partial charge in [-0.25, -0.2) is 4.79 Å². The average molecular weight is 447 g/mol. The number of urea groups is 1. The molecular formula is C25H25N3O5. The molecule has 1 fully saturated rings. The fourth-order valence-corrected chi connectivity index (χ4v) is 3.97. The number of imide groups is 1. The standard InChI is InChI=1S/C25H25N3O5/c1-25(19-11-7-9-17-8-3-4-10-18(17)19)23(30)28(24(31)27-25)16-22(29)26-14-15-33-21-13-6-5-12-20(21)32-2/h3-13H,14-16H2,1-2H3,(H,26,29)(H,27,31). The number of para-hydroxylation sites is 2. The van der Waals surface area contributed by atoms with E-state index in [1.54, 1.807) is 26.2 Å². The molecule has 0 aromatic heterocycles. The summed E-state index contributed by atoms with van der Waals surface area (Å²) in [5.74, 6) is 0.235. The average Bonchev–Trinajstić information content (AvgIpc) is 3.05. The van der Waals surface area contributed by atoms with Gasteiger partial charge in [0, 0.05) is 0 Å². The number of hydrogen-bond donors (Lipinski definition) is 2. The van der Waals surface area contributed by atoms with Crippen molar-refractivity contribution < 1.29 is 23.9 Å². The van der Waals surface area contributed by atoms with Crippen LogP contribution in [-0.4, -0.2) is 49.6 Å². The number of rotatable bonds is 8. The molecule has 0 spiro atoms. The van der Waals surface area contributed by atoms with Gasteiger partial charge < -0.3 is 20.1 Å². The van der Waals surface area contributed by atoms with Gasteiger partial charge >= 0.3 is 6.03 Å². The lowest BCUT2D eigenvalue weighted by molar-refractivity contribution is -0.134. The second kappa shape index (κ2) is 9.20. The summed E-state index contributed by atoms with van der Waals surface area (Å²) in [4.78, 5) is 39.2. The zero-order chi connectivity index (χ0) is 23.4. The second-order valence-corrected chi connectivity index (χ2v) is 7.82. The molecule has 8 heteroatoms. The number of ether oxygens (including phenoxy) is 2. The summed E-state index contributed by atoms with van der Waals surface area (Å²) in [6.07, 6.45) is 0. The van der Waals surface area contributed by atoms with Crippen LogP contribution >= 0.6 is 0 Å². The number of hydrogen-bond acceptors (Lipinski definition) is 5. The highest BCUT2D eigenvalue weighted by Crippen LogP contribution is 2.33. The first-order valence-corrected chi connectivity index (χ1v) is 10.6. The molecule has 1 heterocycles. The molecule has 4 rings (SSSR count). The van der Waals surface area contributed by atoms with Crippen LogP contribution in [0, 0.1) is 0 Å². The zero-order valence-corrected chi connectivity index (χ0v) is 18.5. The van der Waals surface area contributed by atoms with Crippen molar-refractivity contribution >= 4 is 28.6 Å². The van der Waals surface area contributed by atoms with Crippen molar-refractivity contribution in [2.45, 2.75) is 12.5 Å². The quantitative estimate of drug-likeness (QED) is 0.409. The molecule has 0 radical (unpaired) electrons. The molecule has 1 aliphatic heterocycles. The number of nitrogens with zero attached hydrogens (tertiary/aromatic N) is 1. The summed E-state index contributed by atoms with van der Waals surface area (Å²) in [5, 5.41) is 7.27. The van der Waals surface area contributed by atoms with Crippen LogP contribution in [0.25, 0.3) is 10.8 Å². The normalized spacial score (nSPS) is 17.7. The van der Waals surface area contributed by atoms with Gasteiger partial charge in [-0.05, 0) is 35.4 Å². The van der Waals surface area contributed by atoms with E-state index in [4.69, 9.17) is 9.47 Å². The molecule has 0 saturated carbocycles. The van der Waals surface area contributed by atoms with Crippen LogP contribution < -0.4 is 20.1 Å². The van der Waals surface area contributed by atoms with Gasteiger partial charge in [-0.1, -0.05) is 54.6 Å². The lowest BCUT2D eigenvalue weighted by atomic mass is 9.88. The fraction of sp³-hybridized carbons (Fsp3) is 0.240. The molecule has 33 heavy (non-hydrogen) atoms. The molecule has 3 aromatic carbocycles. The Balaban J connectivity index is 1.38. The van der Waals surface area contributed by atoms with Crippen LogP contribution in [0.4, 0.5) is 4.79 Å². The summed E-state index contributed by atoms with van der Waals surface area (Å²) in [5.41, 5.74) is -0.572. The third kappa shape index (κ3) is 4.32. The first-order chi connectivity index (χ1) is 15.9. The van der Waals surface area contributed by atoms with Crippen LogP contribution in [0.5, 0.6) is 11.5 Å². The van der Waals surface area contributed by atoms with Gasteiger partial charge in [-0.15, -0.1) is 0 Å². The molecule has 0 aliphatic carbocycles. The van der Waals surface area contributed by atoms with E-state index in [0.29, 0.717) is 17.1 Å². The Kier molecular flexibility index (Phi) is 6.17. The third-order valence-electron chi connectivity index (χ3n) is 5.66. The van der Waals surface area contributed by atoms with E-state index >= 15 is 0 Å². The minimum Gasteiger partial charge on any atom is -0.493 e. The molecule has 2 N–H and O–H groups in total. The van der Waals surface area contributed by atoms with Crippen LogP contribution in [0.1, 0.15) is 12.5 Å². The van der Waals surface area contributed by atoms with Gasteiger partial charge in [0.05, 0.1) is 13.7 Å². The van der Waals surface area contributed by atoms with Crippen molar-refractivity contribution in [3.63, 3.8) is 0 Å². The van der Waals surface area contributed by atoms with E-state index in [9.17, 15) is 14.4 Å². The van der Waals surface area contributed by atoms with E-state index in [2.05, 4.69) is 10.6 Å². The Morgan fingerprint density at radius 3 is 2.48 bits per heavy atom. The minimum atomic E-state index is -1.26. The highest BCUT2D eigenvalue weighted by Gasteiger charge is 2.50. The van der Waals surface area contributed by atoms with Gasteiger partial charge in [-0.3, -0.25) is 14.5 Å². The molecular weight excluding hydrogens is 422 g/mol. The number of benzene rings is 3. The molecule has 1 aliphatic rings. The summed E-state index contributed by atoms with van der Waals surface area (Å²) in [7, 11) is 1.55. The molecule has 0 bridgehead atoms. The molecule has 1 atom stereocenters. The summed E-state index contributed by atoms with van der Waals surface area (Å²) >= 11 is 0. The van der Waals surface area contributed by atoms with Crippen molar-refractivity contribution in [1.82, 2.24) is 15.5 Å². The Morgan fingerprint density at radius 2 is 1.70 bits per heavy atom. The number of carbonyl (C=O) groups excluding carboxylic acids is 3. The van der Waals surface area contributed by atoms with Crippen LogP contribution in [0.2, 0.25) is 0 Å². The molecule has 1 saturated heterocycles. The Morgan fingerprint density at radius 1 is 1.00 bits per heavy atom. The maximum Gasteiger partial charge on any atom is 0.325 e. The monoisotopic (exact) mass is 447 g/mol. The molecule has 1 unspecified atom stereocenters. The largest absolute Gasteiger partial charge is 0.493 e. The van der Waals surface area contributed by atoms with Crippen molar-refractivity contribution in [3.8, 4) is 11.5 Å². The number of carbonyl (C=O) groups is 3. The second-order valence-electron chi connectivity index (χ2n) is 7.82. The smallest absolute Gasteiger partial charge is 0.325 e. The first-order valence-electron chi connectivity index (χ1n) is 10.6. The van der Waals surface area contributed by atoms with Crippen LogP contribution in [0.15, 0.2) is 66.7 Å². The van der Waals surface area contributed by atoms with Gasteiger partial charge in [0.25, 0.3) is 5.91 Å². The van der Waals surface area contributed by atoms with Gasteiger partial charge in [-0.2, -0.15) is 0 Å². The first kappa shape index (κ1) is 22.1. The van der Waals surface area contributed by atoms with Crippen molar-refractivity contribution in [3.05, 3.63) is 72.3 Å². The summed E-state index contributed by atoms with van der Waals surface area (Å²) in [6.45, 7) is 1.70. The third-order valence-corrected chi connectivity index (χ3v) is 5.66. The molecule has 8 nitrogen and oxygen atoms in total. The van der Waals surface area contributed by atoms with E-state index in [0.717, 1.165) is 15.7 Å². The zero-order valence-electron chi connectivity index (χ0n) is 18.5. The van der Waals surface area contributed by atoms with Crippen LogP contribution in [-0.2, 0) is 15.1 Å². The highest BCUT2D eigenvalue weighted by molar-refractivity contribution is 6.10. The van der Waals surface area contributed by atoms with E-state index in [1.165, 1.54) is 0 Å². The number of amides is 4. The Hall–Kier alpha value is -4.07. The Labute approximate surface area is 191 Å². The van der Waals surface area contributed by atoms with Crippen molar-refractivity contribution in [1.29, 1.82) is 0 Å². The van der Waals surface area contributed by atoms with E-state index in [1.807, 2.05) is 54.6 Å². The molecule has 4 amide bonds. The fourth-order valence-electron chi connectivity index (χ4n) is 3.97. The molecule has 170 valence electrons. The van der Waals surface area contributed by atoms with Crippen LogP contribution in [0.3, 0.4) is 0 Å². The SMILES string of the molecule is COc1ccccc1OCCNC(=O)CN1C(=O)NC(C)(c2cccc3ccccc23)C1=O. The van der Waals surface area contributed by atoms with Gasteiger partial charge in [0.15, 0.2) is 11.5 Å². The van der Waals surface area contributed by atoms with Gasteiger partial charge in [0.2, 0.25) is 5.91 Å². The van der Waals surface area contributed by atoms with Gasteiger partial charge in [0.1, 0.15) is 18.7 Å². The Bertz CT molecular complexity index is 1210. The van der Waals surface area contributed by atoms with Crippen molar-refractivity contribution in [2.75, 3.05) is 26.8 Å². The molecule has 3 aromatic rings. The highest BCUT2D eigenvalue weighted by atomic mass is 16.5. The topological polar surface area (TPSA) is 97.0 Å². The summed E-state index contributed by atoms with van der Waals surface area (Å²) in [6, 6.07) is 19.9. The maximum absolute atomic E-state index is 13.2. The summed E-state index contributed by atoms with van der Waals surface area (Å²) < 4.78 is 10.8. The lowest BCUT2D eigenvalue weighted by Crippen LogP contribution is -2.43.